The normalized spacial score (nSPS) is 15.0. The molecule has 0 aromatic heterocycles. The number of aromatic hydroxyl groups is 2. The Kier molecular flexibility index (Phi) is 13.9. The molecule has 5 aromatic carbocycles. The minimum absolute atomic E-state index is 0.112. The van der Waals surface area contributed by atoms with Crippen molar-refractivity contribution in [3.63, 3.8) is 0 Å². The number of phenols is 2. The van der Waals surface area contributed by atoms with Crippen LogP contribution in [0.1, 0.15) is 0 Å². The van der Waals surface area contributed by atoms with Crippen LogP contribution in [0.4, 0.5) is 34.1 Å². The van der Waals surface area contributed by atoms with Crippen molar-refractivity contribution in [3.05, 3.63) is 72.8 Å². The molecule has 6 rings (SSSR count). The quantitative estimate of drug-likeness (QED) is 0.0475. The highest BCUT2D eigenvalue weighted by Gasteiger charge is 2.31. The van der Waals surface area contributed by atoms with Gasteiger partial charge in [0.25, 0.3) is 46.4 Å². The van der Waals surface area contributed by atoms with E-state index in [-0.39, 0.29) is 34.2 Å². The first kappa shape index (κ1) is 48.5. The van der Waals surface area contributed by atoms with E-state index in [0.29, 0.717) is 18.2 Å². The smallest absolute Gasteiger partial charge is 0.296 e. The standard InChI is InChI=1S/C35H30N8O19S4/c44-7-9-61-28-16-25(40-42-33-31(66(58,59)60)12-18-11-22(64(52,53)54)14-27(46)32(18)34(33)47)29(62-10-8-45)15-24(28)39-38-23-6-1-19(13-30(23)65(55,56)57)37-41-26-17-36-43(35(26)48)20-2-4-21(5-3-20)63(49,50)51/h1-6,11-17,26,44-47H,7-10H2,(H,49,50,51)(H,52,53,54)(H,55,56,57)(H,58,59,60). The van der Waals surface area contributed by atoms with Crippen LogP contribution in [0.2, 0.25) is 0 Å². The number of benzene rings is 5. The predicted molar refractivity (Wildman–Crippen MR) is 224 cm³/mol. The molecule has 66 heavy (non-hydrogen) atoms. The lowest BCUT2D eigenvalue weighted by molar-refractivity contribution is -0.117. The molecule has 0 radical (unpaired) electrons. The van der Waals surface area contributed by atoms with Gasteiger partial charge in [0.15, 0.2) is 11.8 Å². The van der Waals surface area contributed by atoms with Crippen molar-refractivity contribution in [1.82, 2.24) is 0 Å². The van der Waals surface area contributed by atoms with Crippen LogP contribution in [0.25, 0.3) is 10.8 Å². The third-order valence-corrected chi connectivity index (χ3v) is 12.1. The molecule has 1 aliphatic heterocycles. The van der Waals surface area contributed by atoms with Gasteiger partial charge in [-0.25, -0.2) is 0 Å². The number of hydrogen-bond acceptors (Lipinski definition) is 22. The highest BCUT2D eigenvalue weighted by Crippen LogP contribution is 2.47. The molecule has 0 bridgehead atoms. The molecule has 8 N–H and O–H groups in total. The summed E-state index contributed by atoms with van der Waals surface area (Å²) in [6.07, 6.45) is 1.08. The topological polar surface area (TPSA) is 424 Å². The molecule has 0 aliphatic carbocycles. The number of fused-ring (bicyclic) bond motifs is 1. The Morgan fingerprint density at radius 1 is 0.606 bits per heavy atom. The molecule has 1 heterocycles. The van der Waals surface area contributed by atoms with Gasteiger partial charge in [0.2, 0.25) is 0 Å². The molecule has 0 saturated carbocycles. The second-order valence-electron chi connectivity index (χ2n) is 13.1. The van der Waals surface area contributed by atoms with Crippen molar-refractivity contribution in [2.45, 2.75) is 25.6 Å². The summed E-state index contributed by atoms with van der Waals surface area (Å²) in [4.78, 5) is 9.60. The van der Waals surface area contributed by atoms with Crippen LogP contribution in [0.3, 0.4) is 0 Å². The zero-order valence-corrected chi connectivity index (χ0v) is 36.0. The van der Waals surface area contributed by atoms with Gasteiger partial charge in [-0.05, 0) is 60.0 Å². The number of azo groups is 3. The number of aliphatic hydroxyl groups is 2. The fourth-order valence-corrected chi connectivity index (χ4v) is 8.04. The number of nitrogens with zero attached hydrogens (tertiary/aromatic N) is 8. The van der Waals surface area contributed by atoms with E-state index in [1.807, 2.05) is 0 Å². The number of carbonyl (C=O) groups is 1. The second-order valence-corrected chi connectivity index (χ2v) is 18.7. The fourth-order valence-electron chi connectivity index (χ4n) is 5.72. The molecule has 1 atom stereocenters. The summed E-state index contributed by atoms with van der Waals surface area (Å²) in [7, 11) is -19.9. The summed E-state index contributed by atoms with van der Waals surface area (Å²) in [5.41, 5.74) is -2.26. The van der Waals surface area contributed by atoms with Crippen molar-refractivity contribution in [2.24, 2.45) is 35.8 Å². The van der Waals surface area contributed by atoms with Crippen LogP contribution in [0, 0.1) is 0 Å². The van der Waals surface area contributed by atoms with Crippen LogP contribution in [0.15, 0.2) is 128 Å². The average Bonchev–Trinajstić information content (AvgIpc) is 3.61. The SMILES string of the molecule is O=C1C(N=Nc2ccc(N=Nc3cc(OCCO)c(N=Nc4c(S(=O)(=O)O)cc5cc(S(=O)(=O)O)cc(O)c5c4O)cc3OCCO)c(S(=O)(=O)O)c2)C=NN1c1ccc(S(=O)(=O)O)cc1. The van der Waals surface area contributed by atoms with Crippen molar-refractivity contribution < 1.29 is 86.6 Å². The van der Waals surface area contributed by atoms with Crippen molar-refractivity contribution in [1.29, 1.82) is 0 Å². The van der Waals surface area contributed by atoms with Crippen LogP contribution in [-0.4, -0.2) is 117 Å². The van der Waals surface area contributed by atoms with Gasteiger partial charge in [0.05, 0.1) is 46.0 Å². The van der Waals surface area contributed by atoms with Crippen molar-refractivity contribution >= 4 is 97.5 Å². The molecule has 348 valence electrons. The molecule has 27 nitrogen and oxygen atoms in total. The number of carbonyl (C=O) groups excluding carboxylic acids is 1. The Bertz CT molecular complexity index is 3350. The third-order valence-electron chi connectivity index (χ3n) is 8.62. The fraction of sp³-hybridized carbons (Fsp3) is 0.143. The second kappa shape index (κ2) is 18.9. The summed E-state index contributed by atoms with van der Waals surface area (Å²) < 4.78 is 146. The maximum absolute atomic E-state index is 12.9. The molecule has 1 aliphatic rings. The van der Waals surface area contributed by atoms with Crippen molar-refractivity contribution in [2.75, 3.05) is 31.4 Å². The molecular formula is C35H30N8O19S4. The maximum Gasteiger partial charge on any atom is 0.296 e. The first-order valence-corrected chi connectivity index (χ1v) is 23.6. The summed E-state index contributed by atoms with van der Waals surface area (Å²) >= 11 is 0. The van der Waals surface area contributed by atoms with E-state index >= 15 is 0 Å². The number of phenolic OH excluding ortho intramolecular Hbond substituents is 2. The first-order chi connectivity index (χ1) is 30.9. The van der Waals surface area contributed by atoms with E-state index in [9.17, 15) is 77.1 Å². The van der Waals surface area contributed by atoms with Crippen LogP contribution < -0.4 is 14.5 Å². The number of hydrazone groups is 1. The molecule has 0 spiro atoms. The lowest BCUT2D eigenvalue weighted by Gasteiger charge is -2.13. The number of anilines is 1. The molecule has 0 saturated heterocycles. The summed E-state index contributed by atoms with van der Waals surface area (Å²) in [6, 6.07) is 10.1. The number of rotatable bonds is 17. The van der Waals surface area contributed by atoms with E-state index in [2.05, 4.69) is 35.8 Å². The number of hydrogen-bond donors (Lipinski definition) is 8. The third kappa shape index (κ3) is 10.9. The first-order valence-electron chi connectivity index (χ1n) is 17.8. The van der Waals surface area contributed by atoms with Gasteiger partial charge in [-0.3, -0.25) is 23.0 Å². The van der Waals surface area contributed by atoms with E-state index in [0.717, 1.165) is 47.6 Å². The Morgan fingerprint density at radius 3 is 1.71 bits per heavy atom. The summed E-state index contributed by atoms with van der Waals surface area (Å²) in [6.45, 7) is -2.01. The summed E-state index contributed by atoms with van der Waals surface area (Å²) in [5, 5.41) is 67.5. The molecule has 0 fully saturated rings. The summed E-state index contributed by atoms with van der Waals surface area (Å²) in [5.74, 6) is -3.47. The van der Waals surface area contributed by atoms with Gasteiger partial charge in [-0.15, -0.1) is 20.5 Å². The minimum Gasteiger partial charge on any atom is -0.507 e. The molecule has 5 aromatic rings. The number of ether oxygens (including phenoxy) is 2. The molecule has 1 amide bonds. The number of aliphatic hydroxyl groups excluding tert-OH is 2. The van der Waals surface area contributed by atoms with Crippen LogP contribution in [-0.2, 0) is 45.3 Å². The van der Waals surface area contributed by atoms with E-state index in [4.69, 9.17) is 9.47 Å². The Balaban J connectivity index is 1.35. The monoisotopic (exact) mass is 994 g/mol. The van der Waals surface area contributed by atoms with Gasteiger partial charge < -0.3 is 29.9 Å². The Labute approximate surface area is 371 Å². The van der Waals surface area contributed by atoms with Gasteiger partial charge in [0, 0.05) is 18.2 Å². The molecular weight excluding hydrogens is 965 g/mol. The lowest BCUT2D eigenvalue weighted by atomic mass is 10.1. The highest BCUT2D eigenvalue weighted by molar-refractivity contribution is 7.86. The van der Waals surface area contributed by atoms with Crippen molar-refractivity contribution in [3.8, 4) is 23.0 Å². The van der Waals surface area contributed by atoms with E-state index in [1.54, 1.807) is 0 Å². The Morgan fingerprint density at radius 2 is 1.17 bits per heavy atom. The van der Waals surface area contributed by atoms with Gasteiger partial charge in [-0.1, -0.05) is 0 Å². The number of amides is 1. The van der Waals surface area contributed by atoms with Crippen LogP contribution in [0.5, 0.6) is 23.0 Å². The largest absolute Gasteiger partial charge is 0.507 e. The highest BCUT2D eigenvalue weighted by atomic mass is 32.2. The van der Waals surface area contributed by atoms with Gasteiger partial charge in [-0.2, -0.15) is 54.0 Å². The predicted octanol–water partition coefficient (Wildman–Crippen LogP) is 4.30. The zero-order chi connectivity index (χ0) is 48.4. The molecule has 31 heteroatoms. The minimum atomic E-state index is -5.30. The molecule has 1 unspecified atom stereocenters. The zero-order valence-electron chi connectivity index (χ0n) is 32.7. The maximum atomic E-state index is 12.9. The average molecular weight is 995 g/mol. The lowest BCUT2D eigenvalue weighted by Crippen LogP contribution is -2.28. The van der Waals surface area contributed by atoms with E-state index < -0.39 is 132 Å². The van der Waals surface area contributed by atoms with Gasteiger partial charge >= 0.3 is 0 Å². The van der Waals surface area contributed by atoms with Crippen LogP contribution >= 0.6 is 0 Å². The Hall–Kier alpha value is -6.94. The van der Waals surface area contributed by atoms with E-state index in [1.165, 1.54) is 18.2 Å². The van der Waals surface area contributed by atoms with Gasteiger partial charge in [0.1, 0.15) is 63.0 Å².